The number of rotatable bonds is 5. The molecule has 1 saturated heterocycles. The molecule has 0 spiro atoms. The van der Waals surface area contributed by atoms with Crippen molar-refractivity contribution < 1.29 is 9.69 Å². The molecule has 1 N–H and O–H groups in total. The van der Waals surface area contributed by atoms with Gasteiger partial charge in [0.2, 0.25) is 5.91 Å². The maximum absolute atomic E-state index is 12.7. The van der Waals surface area contributed by atoms with Crippen molar-refractivity contribution in [3.63, 3.8) is 0 Å². The zero-order chi connectivity index (χ0) is 20.1. The molecule has 1 aliphatic heterocycles. The first kappa shape index (κ1) is 19.1. The summed E-state index contributed by atoms with van der Waals surface area (Å²) in [6, 6.07) is 17.5. The van der Waals surface area contributed by atoms with Gasteiger partial charge in [-0.05, 0) is 23.8 Å². The molecular weight excluding hydrogens is 364 g/mol. The number of amides is 1. The summed E-state index contributed by atoms with van der Waals surface area (Å²) in [5, 5.41) is 0.544. The Balaban J connectivity index is 1.31. The molecule has 0 radical (unpaired) electrons. The number of fused-ring (bicyclic) bond motifs is 1. The molecule has 4 rings (SSSR count). The SMILES string of the molecule is O=C(Cn1cnc2ccccc2c1=O)N1CC[NH+](C/C=C/c2ccccc2)CC1. The smallest absolute Gasteiger partial charge is 0.261 e. The molecule has 1 aliphatic rings. The van der Waals surface area contributed by atoms with Gasteiger partial charge in [-0.2, -0.15) is 0 Å². The third-order valence-electron chi connectivity index (χ3n) is 5.38. The van der Waals surface area contributed by atoms with E-state index >= 15 is 0 Å². The van der Waals surface area contributed by atoms with E-state index in [4.69, 9.17) is 0 Å². The number of hydrogen-bond acceptors (Lipinski definition) is 3. The van der Waals surface area contributed by atoms with E-state index in [1.165, 1.54) is 21.4 Å². The van der Waals surface area contributed by atoms with Crippen LogP contribution in [0.5, 0.6) is 0 Å². The monoisotopic (exact) mass is 389 g/mol. The summed E-state index contributed by atoms with van der Waals surface area (Å²) in [6.07, 6.45) is 5.81. The van der Waals surface area contributed by atoms with Crippen molar-refractivity contribution in [3.8, 4) is 0 Å². The van der Waals surface area contributed by atoms with E-state index < -0.39 is 0 Å². The molecule has 0 unspecified atom stereocenters. The molecule has 1 aromatic heterocycles. The zero-order valence-corrected chi connectivity index (χ0v) is 16.3. The predicted molar refractivity (Wildman–Crippen MR) is 114 cm³/mol. The first-order valence-corrected chi connectivity index (χ1v) is 9.98. The highest BCUT2D eigenvalue weighted by molar-refractivity contribution is 5.79. The van der Waals surface area contributed by atoms with Crippen molar-refractivity contribution >= 4 is 22.9 Å². The van der Waals surface area contributed by atoms with Crippen LogP contribution in [0.15, 0.2) is 71.8 Å². The van der Waals surface area contributed by atoms with Gasteiger partial charge in [0, 0.05) is 0 Å². The lowest BCUT2D eigenvalue weighted by Crippen LogP contribution is -3.14. The highest BCUT2D eigenvalue weighted by atomic mass is 16.2. The highest BCUT2D eigenvalue weighted by Crippen LogP contribution is 2.05. The highest BCUT2D eigenvalue weighted by Gasteiger charge is 2.23. The van der Waals surface area contributed by atoms with Crippen LogP contribution in [0, 0.1) is 0 Å². The topological polar surface area (TPSA) is 59.6 Å². The van der Waals surface area contributed by atoms with Gasteiger partial charge in [0.25, 0.3) is 5.56 Å². The number of quaternary nitrogens is 1. The van der Waals surface area contributed by atoms with Crippen LogP contribution in [0.2, 0.25) is 0 Å². The Morgan fingerprint density at radius 2 is 1.76 bits per heavy atom. The maximum atomic E-state index is 12.7. The van der Waals surface area contributed by atoms with Crippen LogP contribution in [-0.4, -0.2) is 53.1 Å². The predicted octanol–water partition coefficient (Wildman–Crippen LogP) is 0.837. The van der Waals surface area contributed by atoms with Crippen molar-refractivity contribution in [1.29, 1.82) is 0 Å². The lowest BCUT2D eigenvalue weighted by Gasteiger charge is -2.31. The number of para-hydroxylation sites is 1. The molecule has 1 amide bonds. The summed E-state index contributed by atoms with van der Waals surface area (Å²) in [4.78, 5) is 32.9. The van der Waals surface area contributed by atoms with E-state index in [-0.39, 0.29) is 18.0 Å². The Morgan fingerprint density at radius 3 is 2.55 bits per heavy atom. The standard InChI is InChI=1S/C23H24N4O2/c28-22(17-27-18-24-21-11-5-4-10-20(21)23(27)29)26-15-13-25(14-16-26)12-6-9-19-7-2-1-3-8-19/h1-11,18H,12-17H2/p+1/b9-6+. The number of nitrogens with zero attached hydrogens (tertiary/aromatic N) is 3. The summed E-state index contributed by atoms with van der Waals surface area (Å²) in [6.45, 7) is 4.24. The fraction of sp³-hybridized carbons (Fsp3) is 0.261. The van der Waals surface area contributed by atoms with E-state index in [1.807, 2.05) is 35.2 Å². The average Bonchev–Trinajstić information content (AvgIpc) is 2.77. The Morgan fingerprint density at radius 1 is 1.03 bits per heavy atom. The van der Waals surface area contributed by atoms with Crippen LogP contribution in [0.4, 0.5) is 0 Å². The number of hydrogen-bond donors (Lipinski definition) is 1. The molecule has 1 fully saturated rings. The summed E-state index contributed by atoms with van der Waals surface area (Å²) in [5.74, 6) is -0.0249. The van der Waals surface area contributed by atoms with Crippen molar-refractivity contribution in [1.82, 2.24) is 14.5 Å². The minimum atomic E-state index is -0.167. The van der Waals surface area contributed by atoms with E-state index in [0.29, 0.717) is 24.0 Å². The van der Waals surface area contributed by atoms with Crippen molar-refractivity contribution in [2.24, 2.45) is 0 Å². The molecule has 2 heterocycles. The number of nitrogens with one attached hydrogen (secondary N) is 1. The van der Waals surface area contributed by atoms with Crippen molar-refractivity contribution in [3.05, 3.63) is 82.9 Å². The normalized spacial score (nSPS) is 15.2. The molecule has 148 valence electrons. The summed E-state index contributed by atoms with van der Waals surface area (Å²) in [7, 11) is 0. The molecule has 0 bridgehead atoms. The van der Waals surface area contributed by atoms with Crippen LogP contribution < -0.4 is 10.5 Å². The lowest BCUT2D eigenvalue weighted by molar-refractivity contribution is -0.898. The van der Waals surface area contributed by atoms with Gasteiger partial charge in [-0.3, -0.25) is 14.2 Å². The van der Waals surface area contributed by atoms with Gasteiger partial charge in [-0.15, -0.1) is 0 Å². The van der Waals surface area contributed by atoms with Gasteiger partial charge in [0.1, 0.15) is 6.54 Å². The summed E-state index contributed by atoms with van der Waals surface area (Å²) < 4.78 is 1.41. The van der Waals surface area contributed by atoms with Gasteiger partial charge < -0.3 is 9.80 Å². The average molecular weight is 389 g/mol. The van der Waals surface area contributed by atoms with Crippen LogP contribution in [0.25, 0.3) is 17.0 Å². The molecule has 0 aliphatic carbocycles. The van der Waals surface area contributed by atoms with Gasteiger partial charge in [0.05, 0.1) is 50.0 Å². The van der Waals surface area contributed by atoms with Crippen LogP contribution >= 0.6 is 0 Å². The van der Waals surface area contributed by atoms with Crippen LogP contribution in [0.3, 0.4) is 0 Å². The lowest BCUT2D eigenvalue weighted by atomic mass is 10.2. The Hall–Kier alpha value is -3.25. The molecule has 29 heavy (non-hydrogen) atoms. The largest absolute Gasteiger partial charge is 0.330 e. The number of piperazine rings is 1. The van der Waals surface area contributed by atoms with E-state index in [9.17, 15) is 9.59 Å². The molecule has 3 aromatic rings. The fourth-order valence-corrected chi connectivity index (χ4v) is 3.67. The first-order valence-electron chi connectivity index (χ1n) is 9.98. The summed E-state index contributed by atoms with van der Waals surface area (Å²) in [5.41, 5.74) is 1.69. The third-order valence-corrected chi connectivity index (χ3v) is 5.38. The van der Waals surface area contributed by atoms with E-state index in [2.05, 4.69) is 29.3 Å². The minimum absolute atomic E-state index is 0.0249. The third kappa shape index (κ3) is 4.60. The molecule has 6 heteroatoms. The minimum Gasteiger partial charge on any atom is -0.330 e. The molecule has 0 atom stereocenters. The molecule has 2 aromatic carbocycles. The van der Waals surface area contributed by atoms with Gasteiger partial charge in [-0.25, -0.2) is 4.98 Å². The quantitative estimate of drug-likeness (QED) is 0.704. The number of carbonyl (C=O) groups excluding carboxylic acids is 1. The summed E-state index contributed by atoms with van der Waals surface area (Å²) >= 11 is 0. The fourth-order valence-electron chi connectivity index (χ4n) is 3.67. The second-order valence-electron chi connectivity index (χ2n) is 7.34. The second kappa shape index (κ2) is 8.84. The zero-order valence-electron chi connectivity index (χ0n) is 16.3. The number of aromatic nitrogens is 2. The number of carbonyl (C=O) groups is 1. The van der Waals surface area contributed by atoms with Gasteiger partial charge in [0.15, 0.2) is 0 Å². The number of benzene rings is 2. The van der Waals surface area contributed by atoms with Crippen LogP contribution in [0.1, 0.15) is 5.56 Å². The Kier molecular flexibility index (Phi) is 5.81. The first-order chi connectivity index (χ1) is 14.2. The molecular formula is C23H25N4O2+. The van der Waals surface area contributed by atoms with Crippen molar-refractivity contribution in [2.75, 3.05) is 32.7 Å². The maximum Gasteiger partial charge on any atom is 0.261 e. The van der Waals surface area contributed by atoms with E-state index in [1.54, 1.807) is 12.1 Å². The molecule has 6 nitrogen and oxygen atoms in total. The second-order valence-corrected chi connectivity index (χ2v) is 7.34. The van der Waals surface area contributed by atoms with E-state index in [0.717, 1.165) is 19.6 Å². The van der Waals surface area contributed by atoms with Gasteiger partial charge in [-0.1, -0.05) is 48.5 Å². The van der Waals surface area contributed by atoms with Gasteiger partial charge >= 0.3 is 0 Å². The van der Waals surface area contributed by atoms with Crippen molar-refractivity contribution in [2.45, 2.75) is 6.54 Å². The Bertz CT molecular complexity index is 1070. The van der Waals surface area contributed by atoms with Crippen LogP contribution in [-0.2, 0) is 11.3 Å². The Labute approximate surface area is 169 Å². The molecule has 0 saturated carbocycles.